The number of amides is 1. The first-order valence-corrected chi connectivity index (χ1v) is 6.67. The molecular formula is C13H29N3O2. The van der Waals surface area contributed by atoms with Gasteiger partial charge in [-0.1, -0.05) is 6.92 Å². The summed E-state index contributed by atoms with van der Waals surface area (Å²) in [7, 11) is 1.71. The van der Waals surface area contributed by atoms with Gasteiger partial charge in [0.15, 0.2) is 0 Å². The molecule has 0 aromatic heterocycles. The quantitative estimate of drug-likeness (QED) is 0.605. The minimum absolute atomic E-state index is 0.436. The first-order valence-electron chi connectivity index (χ1n) is 6.67. The summed E-state index contributed by atoms with van der Waals surface area (Å²) in [6.45, 7) is 8.60. The van der Waals surface area contributed by atoms with Crippen molar-refractivity contribution < 1.29 is 9.53 Å². The number of primary amides is 1. The summed E-state index contributed by atoms with van der Waals surface area (Å²) in [5.41, 5.74) is 10.2. The molecule has 0 saturated carbocycles. The molecule has 18 heavy (non-hydrogen) atoms. The van der Waals surface area contributed by atoms with E-state index in [1.165, 1.54) is 0 Å². The van der Waals surface area contributed by atoms with Gasteiger partial charge in [-0.05, 0) is 39.7 Å². The summed E-state index contributed by atoms with van der Waals surface area (Å²) in [6, 6.07) is 0.512. The SMILES string of the molecule is CCC(C)N(CCCC(C)(N)C(N)=O)CCOC. The van der Waals surface area contributed by atoms with E-state index < -0.39 is 11.4 Å². The van der Waals surface area contributed by atoms with Crippen molar-refractivity contribution in [2.45, 2.75) is 51.6 Å². The number of ether oxygens (including phenoxy) is 1. The van der Waals surface area contributed by atoms with Gasteiger partial charge in [-0.25, -0.2) is 0 Å². The summed E-state index contributed by atoms with van der Waals surface area (Å²) in [6.07, 6.45) is 2.58. The standard InChI is InChI=1S/C13H29N3O2/c1-5-11(2)16(9-10-18-4)8-6-7-13(3,15)12(14)17/h11H,5-10,15H2,1-4H3,(H2,14,17). The highest BCUT2D eigenvalue weighted by Crippen LogP contribution is 2.11. The first-order chi connectivity index (χ1) is 8.35. The summed E-state index contributed by atoms with van der Waals surface area (Å²) in [5.74, 6) is -0.436. The lowest BCUT2D eigenvalue weighted by atomic mass is 9.96. The second-order valence-electron chi connectivity index (χ2n) is 5.17. The van der Waals surface area contributed by atoms with Gasteiger partial charge in [-0.3, -0.25) is 9.69 Å². The predicted molar refractivity (Wildman–Crippen MR) is 74.2 cm³/mol. The number of methoxy groups -OCH3 is 1. The first kappa shape index (κ1) is 17.4. The number of nitrogens with zero attached hydrogens (tertiary/aromatic N) is 1. The van der Waals surface area contributed by atoms with Crippen LogP contribution >= 0.6 is 0 Å². The molecule has 0 aromatic rings. The number of hydrogen-bond donors (Lipinski definition) is 2. The van der Waals surface area contributed by atoms with E-state index in [1.807, 2.05) is 0 Å². The average molecular weight is 259 g/mol. The zero-order valence-corrected chi connectivity index (χ0v) is 12.2. The molecule has 0 radical (unpaired) electrons. The Bertz CT molecular complexity index is 244. The Morgan fingerprint density at radius 1 is 1.44 bits per heavy atom. The van der Waals surface area contributed by atoms with Gasteiger partial charge in [-0.2, -0.15) is 0 Å². The zero-order valence-electron chi connectivity index (χ0n) is 12.2. The Hall–Kier alpha value is -0.650. The second-order valence-corrected chi connectivity index (χ2v) is 5.17. The lowest BCUT2D eigenvalue weighted by Crippen LogP contribution is -2.49. The third-order valence-electron chi connectivity index (χ3n) is 3.50. The zero-order chi connectivity index (χ0) is 14.2. The molecule has 2 atom stereocenters. The fraction of sp³-hybridized carbons (Fsp3) is 0.923. The molecule has 4 N–H and O–H groups in total. The normalized spacial score (nSPS) is 16.6. The van der Waals surface area contributed by atoms with Crippen molar-refractivity contribution in [1.82, 2.24) is 4.90 Å². The van der Waals surface area contributed by atoms with E-state index in [2.05, 4.69) is 18.7 Å². The van der Waals surface area contributed by atoms with Gasteiger partial charge in [-0.15, -0.1) is 0 Å². The summed E-state index contributed by atoms with van der Waals surface area (Å²) in [5, 5.41) is 0. The molecule has 1 amide bonds. The highest BCUT2D eigenvalue weighted by molar-refractivity contribution is 5.83. The maximum atomic E-state index is 11.1. The Labute approximate surface area is 111 Å². The van der Waals surface area contributed by atoms with E-state index >= 15 is 0 Å². The third-order valence-corrected chi connectivity index (χ3v) is 3.50. The van der Waals surface area contributed by atoms with E-state index in [0.29, 0.717) is 12.5 Å². The van der Waals surface area contributed by atoms with Crippen molar-refractivity contribution in [3.8, 4) is 0 Å². The number of rotatable bonds is 10. The molecule has 0 heterocycles. The summed E-state index contributed by atoms with van der Waals surface area (Å²) in [4.78, 5) is 13.5. The molecule has 0 saturated heterocycles. The van der Waals surface area contributed by atoms with E-state index in [9.17, 15) is 4.79 Å². The van der Waals surface area contributed by atoms with E-state index in [0.717, 1.165) is 32.5 Å². The lowest BCUT2D eigenvalue weighted by Gasteiger charge is -2.29. The largest absolute Gasteiger partial charge is 0.383 e. The molecule has 0 aromatic carbocycles. The minimum Gasteiger partial charge on any atom is -0.383 e. The van der Waals surface area contributed by atoms with Crippen molar-refractivity contribution in [3.05, 3.63) is 0 Å². The van der Waals surface area contributed by atoms with Crippen LogP contribution in [0.3, 0.4) is 0 Å². The van der Waals surface area contributed by atoms with Crippen molar-refractivity contribution in [2.24, 2.45) is 11.5 Å². The molecule has 0 aliphatic carbocycles. The molecule has 5 nitrogen and oxygen atoms in total. The highest BCUT2D eigenvalue weighted by atomic mass is 16.5. The van der Waals surface area contributed by atoms with Crippen molar-refractivity contribution in [2.75, 3.05) is 26.8 Å². The second kappa shape index (κ2) is 8.45. The van der Waals surface area contributed by atoms with Crippen molar-refractivity contribution >= 4 is 5.91 Å². The minimum atomic E-state index is -0.900. The van der Waals surface area contributed by atoms with Crippen molar-refractivity contribution in [1.29, 1.82) is 0 Å². The predicted octanol–water partition coefficient (Wildman–Crippen LogP) is 0.716. The van der Waals surface area contributed by atoms with Crippen LogP contribution < -0.4 is 11.5 Å². The molecule has 0 aliphatic rings. The van der Waals surface area contributed by atoms with Crippen LogP contribution in [0.1, 0.15) is 40.0 Å². The maximum Gasteiger partial charge on any atom is 0.237 e. The summed E-state index contributed by atoms with van der Waals surface area (Å²) < 4.78 is 5.11. The monoisotopic (exact) mass is 259 g/mol. The Balaban J connectivity index is 4.14. The van der Waals surface area contributed by atoms with Gasteiger partial charge < -0.3 is 16.2 Å². The van der Waals surface area contributed by atoms with E-state index in [-0.39, 0.29) is 0 Å². The number of nitrogens with two attached hydrogens (primary N) is 2. The van der Waals surface area contributed by atoms with Crippen LogP contribution in [0, 0.1) is 0 Å². The Kier molecular flexibility index (Phi) is 8.15. The molecule has 0 spiro atoms. The maximum absolute atomic E-state index is 11.1. The van der Waals surface area contributed by atoms with Crippen LogP contribution in [-0.4, -0.2) is 49.2 Å². The molecule has 0 aliphatic heterocycles. The topological polar surface area (TPSA) is 81.6 Å². The van der Waals surface area contributed by atoms with Gasteiger partial charge in [0.25, 0.3) is 0 Å². The van der Waals surface area contributed by atoms with Gasteiger partial charge in [0.1, 0.15) is 0 Å². The van der Waals surface area contributed by atoms with Gasteiger partial charge in [0, 0.05) is 19.7 Å². The third kappa shape index (κ3) is 6.33. The number of carbonyl (C=O) groups excluding carboxylic acids is 1. The van der Waals surface area contributed by atoms with E-state index in [1.54, 1.807) is 14.0 Å². The fourth-order valence-electron chi connectivity index (χ4n) is 1.79. The Morgan fingerprint density at radius 3 is 2.50 bits per heavy atom. The Morgan fingerprint density at radius 2 is 2.06 bits per heavy atom. The molecule has 0 rings (SSSR count). The van der Waals surface area contributed by atoms with Crippen molar-refractivity contribution in [3.63, 3.8) is 0 Å². The fourth-order valence-corrected chi connectivity index (χ4v) is 1.79. The van der Waals surface area contributed by atoms with Crippen LogP contribution in [0.4, 0.5) is 0 Å². The molecule has 0 bridgehead atoms. The summed E-state index contributed by atoms with van der Waals surface area (Å²) >= 11 is 0. The molecule has 108 valence electrons. The smallest absolute Gasteiger partial charge is 0.237 e. The number of hydrogen-bond acceptors (Lipinski definition) is 4. The molecule has 0 fully saturated rings. The average Bonchev–Trinajstić information content (AvgIpc) is 2.32. The highest BCUT2D eigenvalue weighted by Gasteiger charge is 2.25. The van der Waals surface area contributed by atoms with E-state index in [4.69, 9.17) is 16.2 Å². The van der Waals surface area contributed by atoms with Crippen LogP contribution in [0.25, 0.3) is 0 Å². The van der Waals surface area contributed by atoms with Crippen LogP contribution in [0.5, 0.6) is 0 Å². The van der Waals surface area contributed by atoms with Gasteiger partial charge >= 0.3 is 0 Å². The van der Waals surface area contributed by atoms with Crippen LogP contribution in [0.2, 0.25) is 0 Å². The van der Waals surface area contributed by atoms with Gasteiger partial charge in [0.2, 0.25) is 5.91 Å². The van der Waals surface area contributed by atoms with Crippen LogP contribution in [0.15, 0.2) is 0 Å². The molecular weight excluding hydrogens is 230 g/mol. The van der Waals surface area contributed by atoms with Gasteiger partial charge in [0.05, 0.1) is 12.1 Å². The lowest BCUT2D eigenvalue weighted by molar-refractivity contribution is -0.122. The van der Waals surface area contributed by atoms with Crippen LogP contribution in [-0.2, 0) is 9.53 Å². The number of carbonyl (C=O) groups is 1. The molecule has 5 heteroatoms. The molecule has 2 unspecified atom stereocenters.